The second kappa shape index (κ2) is 5.24. The molecule has 0 saturated carbocycles. The molecule has 0 unspecified atom stereocenters. The molecule has 92 valence electrons. The number of hydrogen-bond acceptors (Lipinski definition) is 4. The van der Waals surface area contributed by atoms with Crippen molar-refractivity contribution in [1.29, 1.82) is 0 Å². The van der Waals surface area contributed by atoms with Crippen LogP contribution in [0.1, 0.15) is 17.0 Å². The van der Waals surface area contributed by atoms with E-state index in [2.05, 4.69) is 15.3 Å². The predicted molar refractivity (Wildman–Crippen MR) is 60.2 cm³/mol. The largest absolute Gasteiger partial charge is 0.368 e. The van der Waals surface area contributed by atoms with Crippen LogP contribution in [0.5, 0.6) is 0 Å². The third-order valence-corrected chi connectivity index (χ3v) is 2.25. The number of carbonyl (C=O) groups is 2. The van der Waals surface area contributed by atoms with E-state index in [9.17, 15) is 14.4 Å². The predicted octanol–water partition coefficient (Wildman–Crippen LogP) is -1.47. The molecule has 0 aliphatic heterocycles. The Morgan fingerprint density at radius 1 is 1.41 bits per heavy atom. The highest BCUT2D eigenvalue weighted by molar-refractivity contribution is 5.85. The highest BCUT2D eigenvalue weighted by atomic mass is 16.2. The van der Waals surface area contributed by atoms with Gasteiger partial charge in [-0.2, -0.15) is 4.98 Å². The molecule has 0 aromatic carbocycles. The van der Waals surface area contributed by atoms with Crippen molar-refractivity contribution in [2.75, 3.05) is 6.54 Å². The monoisotopic (exact) mass is 238 g/mol. The molecule has 7 heteroatoms. The van der Waals surface area contributed by atoms with Crippen molar-refractivity contribution >= 4 is 11.8 Å². The number of carbonyl (C=O) groups excluding carboxylic acids is 2. The summed E-state index contributed by atoms with van der Waals surface area (Å²) >= 11 is 0. The molecule has 1 aromatic rings. The number of nitrogens with two attached hydrogens (primary N) is 1. The lowest BCUT2D eigenvalue weighted by atomic mass is 10.1. The number of H-pyrrole nitrogens is 1. The van der Waals surface area contributed by atoms with Gasteiger partial charge in [-0.25, -0.2) is 4.79 Å². The van der Waals surface area contributed by atoms with Crippen molar-refractivity contribution in [2.24, 2.45) is 5.73 Å². The summed E-state index contributed by atoms with van der Waals surface area (Å²) in [5.74, 6) is -0.949. The van der Waals surface area contributed by atoms with E-state index in [1.165, 1.54) is 0 Å². The molecule has 0 spiro atoms. The minimum atomic E-state index is -0.605. The van der Waals surface area contributed by atoms with Gasteiger partial charge >= 0.3 is 5.69 Å². The number of hydrogen-bond donors (Lipinski definition) is 3. The number of nitrogens with zero attached hydrogens (tertiary/aromatic N) is 1. The van der Waals surface area contributed by atoms with Gasteiger partial charge in [0.2, 0.25) is 11.8 Å². The fourth-order valence-corrected chi connectivity index (χ4v) is 1.42. The number of nitrogens with one attached hydrogen (secondary N) is 2. The van der Waals surface area contributed by atoms with Gasteiger partial charge < -0.3 is 16.0 Å². The fraction of sp³-hybridized carbons (Fsp3) is 0.400. The van der Waals surface area contributed by atoms with Crippen LogP contribution in [0.4, 0.5) is 0 Å². The smallest absolute Gasteiger partial charge is 0.345 e. The lowest BCUT2D eigenvalue weighted by Gasteiger charge is -2.08. The highest BCUT2D eigenvalue weighted by Gasteiger charge is 2.11. The number of aryl methyl sites for hydroxylation is 2. The van der Waals surface area contributed by atoms with Crippen LogP contribution in [0.3, 0.4) is 0 Å². The van der Waals surface area contributed by atoms with Crippen LogP contribution in [0.2, 0.25) is 0 Å². The van der Waals surface area contributed by atoms with Gasteiger partial charge in [0.05, 0.1) is 13.0 Å². The van der Waals surface area contributed by atoms with Crippen LogP contribution >= 0.6 is 0 Å². The van der Waals surface area contributed by atoms with Gasteiger partial charge in [0.25, 0.3) is 0 Å². The first kappa shape index (κ1) is 12.9. The first-order chi connectivity index (χ1) is 7.90. The van der Waals surface area contributed by atoms with E-state index in [1.807, 2.05) is 0 Å². The van der Waals surface area contributed by atoms with E-state index in [1.54, 1.807) is 13.8 Å². The summed E-state index contributed by atoms with van der Waals surface area (Å²) in [6.45, 7) is 3.14. The van der Waals surface area contributed by atoms with Gasteiger partial charge in [-0.05, 0) is 13.8 Å². The molecule has 0 saturated heterocycles. The third kappa shape index (κ3) is 3.71. The SMILES string of the molecule is Cc1nc(=O)[nH]c(C)c1CC(=O)NCC(N)=O. The Kier molecular flexibility index (Phi) is 3.97. The normalized spacial score (nSPS) is 10.0. The molecular formula is C10H14N4O3. The Balaban J connectivity index is 2.78. The lowest BCUT2D eigenvalue weighted by molar-refractivity contribution is -0.124. The zero-order valence-corrected chi connectivity index (χ0v) is 9.66. The van der Waals surface area contributed by atoms with Crippen LogP contribution in [0.15, 0.2) is 4.79 Å². The summed E-state index contributed by atoms with van der Waals surface area (Å²) in [4.78, 5) is 39.2. The summed E-state index contributed by atoms with van der Waals surface area (Å²) in [6.07, 6.45) is 0.0503. The van der Waals surface area contributed by atoms with Crippen molar-refractivity contribution in [3.05, 3.63) is 27.4 Å². The highest BCUT2D eigenvalue weighted by Crippen LogP contribution is 2.07. The van der Waals surface area contributed by atoms with Crippen molar-refractivity contribution in [3.63, 3.8) is 0 Å². The second-order valence-electron chi connectivity index (χ2n) is 3.65. The minimum Gasteiger partial charge on any atom is -0.368 e. The Morgan fingerprint density at radius 2 is 2.06 bits per heavy atom. The zero-order valence-electron chi connectivity index (χ0n) is 9.66. The molecular weight excluding hydrogens is 224 g/mol. The Bertz CT molecular complexity index is 481. The lowest BCUT2D eigenvalue weighted by Crippen LogP contribution is -2.34. The number of primary amides is 1. The van der Waals surface area contributed by atoms with Crippen LogP contribution in [-0.2, 0) is 16.0 Å². The molecule has 1 aromatic heterocycles. The Morgan fingerprint density at radius 3 is 2.59 bits per heavy atom. The molecule has 1 rings (SSSR count). The van der Waals surface area contributed by atoms with Crippen molar-refractivity contribution in [3.8, 4) is 0 Å². The summed E-state index contributed by atoms with van der Waals surface area (Å²) in [7, 11) is 0. The first-order valence-electron chi connectivity index (χ1n) is 5.01. The zero-order chi connectivity index (χ0) is 13.0. The standard InChI is InChI=1S/C10H14N4O3/c1-5-7(6(2)14-10(17)13-5)3-9(16)12-4-8(11)15/h3-4H2,1-2H3,(H2,11,15)(H,12,16)(H,13,14,17). The maximum atomic E-state index is 11.5. The molecule has 0 aliphatic carbocycles. The van der Waals surface area contributed by atoms with Crippen molar-refractivity contribution in [2.45, 2.75) is 20.3 Å². The van der Waals surface area contributed by atoms with E-state index in [0.29, 0.717) is 17.0 Å². The molecule has 2 amide bonds. The topological polar surface area (TPSA) is 118 Å². The molecule has 0 fully saturated rings. The molecule has 0 aliphatic rings. The summed E-state index contributed by atoms with van der Waals surface area (Å²) < 4.78 is 0. The number of aromatic nitrogens is 2. The van der Waals surface area contributed by atoms with Gasteiger partial charge in [0.15, 0.2) is 0 Å². The number of amides is 2. The van der Waals surface area contributed by atoms with E-state index >= 15 is 0 Å². The summed E-state index contributed by atoms with van der Waals surface area (Å²) in [6, 6.07) is 0. The minimum absolute atomic E-state index is 0.0503. The third-order valence-electron chi connectivity index (χ3n) is 2.25. The van der Waals surface area contributed by atoms with Crippen LogP contribution in [0, 0.1) is 13.8 Å². The average molecular weight is 238 g/mol. The number of rotatable bonds is 4. The molecule has 4 N–H and O–H groups in total. The van der Waals surface area contributed by atoms with Crippen LogP contribution in [-0.4, -0.2) is 28.3 Å². The quantitative estimate of drug-likeness (QED) is 0.593. The average Bonchev–Trinajstić information content (AvgIpc) is 2.20. The van der Waals surface area contributed by atoms with E-state index in [0.717, 1.165) is 0 Å². The molecule has 0 bridgehead atoms. The van der Waals surface area contributed by atoms with Gasteiger partial charge in [0, 0.05) is 17.0 Å². The van der Waals surface area contributed by atoms with Crippen molar-refractivity contribution < 1.29 is 9.59 Å². The Hall–Kier alpha value is -2.18. The number of aromatic amines is 1. The fourth-order valence-electron chi connectivity index (χ4n) is 1.42. The molecule has 1 heterocycles. The van der Waals surface area contributed by atoms with Crippen LogP contribution < -0.4 is 16.7 Å². The molecule has 17 heavy (non-hydrogen) atoms. The Labute approximate surface area is 97.4 Å². The van der Waals surface area contributed by atoms with Gasteiger partial charge in [-0.1, -0.05) is 0 Å². The molecule has 0 atom stereocenters. The van der Waals surface area contributed by atoms with E-state index in [4.69, 9.17) is 5.73 Å². The first-order valence-corrected chi connectivity index (χ1v) is 5.01. The van der Waals surface area contributed by atoms with Gasteiger partial charge in [-0.3, -0.25) is 9.59 Å². The summed E-state index contributed by atoms with van der Waals surface area (Å²) in [5, 5.41) is 2.37. The summed E-state index contributed by atoms with van der Waals surface area (Å²) in [5.41, 5.74) is 6.20. The molecule has 7 nitrogen and oxygen atoms in total. The maximum absolute atomic E-state index is 11.5. The van der Waals surface area contributed by atoms with Crippen molar-refractivity contribution in [1.82, 2.24) is 15.3 Å². The van der Waals surface area contributed by atoms with Crippen LogP contribution in [0.25, 0.3) is 0 Å². The molecule has 0 radical (unpaired) electrons. The van der Waals surface area contributed by atoms with E-state index < -0.39 is 11.6 Å². The second-order valence-corrected chi connectivity index (χ2v) is 3.65. The van der Waals surface area contributed by atoms with Gasteiger partial charge in [0.1, 0.15) is 0 Å². The van der Waals surface area contributed by atoms with E-state index in [-0.39, 0.29) is 18.9 Å². The van der Waals surface area contributed by atoms with Gasteiger partial charge in [-0.15, -0.1) is 0 Å². The maximum Gasteiger partial charge on any atom is 0.345 e.